The summed E-state index contributed by atoms with van der Waals surface area (Å²) in [6.07, 6.45) is -0.0608. The number of piperidine rings is 1. The molecule has 1 aliphatic heterocycles. The number of rotatable bonds is 8. The maximum absolute atomic E-state index is 13.6. The number of hydrogen-bond acceptors (Lipinski definition) is 4. The maximum atomic E-state index is 13.6. The highest BCUT2D eigenvalue weighted by molar-refractivity contribution is 7.92. The molecule has 2 atom stereocenters. The van der Waals surface area contributed by atoms with Gasteiger partial charge in [0.05, 0.1) is 10.6 Å². The third kappa shape index (κ3) is 5.88. The van der Waals surface area contributed by atoms with Crippen LogP contribution >= 0.6 is 0 Å². The number of halogens is 1. The minimum atomic E-state index is -3.75. The van der Waals surface area contributed by atoms with Crippen molar-refractivity contribution < 1.29 is 17.9 Å². The lowest BCUT2D eigenvalue weighted by molar-refractivity contribution is -0.0262. The summed E-state index contributed by atoms with van der Waals surface area (Å²) in [6, 6.07) is 12.5. The Balaban J connectivity index is 1.81. The van der Waals surface area contributed by atoms with E-state index in [1.807, 2.05) is 45.9 Å². The summed E-state index contributed by atoms with van der Waals surface area (Å²) in [5.41, 5.74) is 3.51. The van der Waals surface area contributed by atoms with Gasteiger partial charge in [-0.15, -0.1) is 0 Å². The van der Waals surface area contributed by atoms with Crippen molar-refractivity contribution in [3.63, 3.8) is 0 Å². The van der Waals surface area contributed by atoms with E-state index in [0.29, 0.717) is 31.6 Å². The number of nitrogens with zero attached hydrogens (tertiary/aromatic N) is 2. The van der Waals surface area contributed by atoms with Gasteiger partial charge in [0.15, 0.2) is 0 Å². The van der Waals surface area contributed by atoms with Crippen LogP contribution in [0.5, 0.6) is 0 Å². The SMILES string of the molecule is Cc1ccc(N(CC(C)C)S(=O)(=O)c2ccc(CC(O)N3CCCC(F)C3)cc2)c(C)c1. The third-order valence-corrected chi connectivity index (χ3v) is 7.69. The minimum absolute atomic E-state index is 0.156. The van der Waals surface area contributed by atoms with Gasteiger partial charge >= 0.3 is 0 Å². The summed E-state index contributed by atoms with van der Waals surface area (Å²) >= 11 is 0. The molecule has 2 aromatic rings. The van der Waals surface area contributed by atoms with Gasteiger partial charge in [0.25, 0.3) is 10.0 Å². The molecule has 1 saturated heterocycles. The lowest BCUT2D eigenvalue weighted by atomic mass is 10.1. The largest absolute Gasteiger partial charge is 0.378 e. The van der Waals surface area contributed by atoms with Crippen LogP contribution in [0.15, 0.2) is 47.4 Å². The molecular weight excluding hydrogens is 427 g/mol. The van der Waals surface area contributed by atoms with E-state index in [1.54, 1.807) is 29.2 Å². The molecule has 1 fully saturated rings. The molecule has 0 aromatic heterocycles. The van der Waals surface area contributed by atoms with Crippen molar-refractivity contribution >= 4 is 15.7 Å². The highest BCUT2D eigenvalue weighted by Gasteiger charge is 2.28. The minimum Gasteiger partial charge on any atom is -0.378 e. The van der Waals surface area contributed by atoms with Crippen LogP contribution in [0, 0.1) is 19.8 Å². The van der Waals surface area contributed by atoms with E-state index >= 15 is 0 Å². The molecule has 5 nitrogen and oxygen atoms in total. The summed E-state index contributed by atoms with van der Waals surface area (Å²) < 4.78 is 42.2. The molecule has 1 aliphatic rings. The van der Waals surface area contributed by atoms with Crippen LogP contribution in [0.1, 0.15) is 43.4 Å². The molecule has 1 heterocycles. The predicted octanol–water partition coefficient (Wildman–Crippen LogP) is 4.45. The van der Waals surface area contributed by atoms with Gasteiger partial charge in [0.2, 0.25) is 0 Å². The van der Waals surface area contributed by atoms with Crippen LogP contribution in [0.25, 0.3) is 0 Å². The van der Waals surface area contributed by atoms with Crippen LogP contribution in [0.2, 0.25) is 0 Å². The average molecular weight is 463 g/mol. The van der Waals surface area contributed by atoms with Crippen LogP contribution in [-0.4, -0.2) is 50.5 Å². The summed E-state index contributed by atoms with van der Waals surface area (Å²) in [7, 11) is -3.75. The molecule has 0 radical (unpaired) electrons. The van der Waals surface area contributed by atoms with E-state index in [2.05, 4.69) is 0 Å². The number of aryl methyl sites for hydroxylation is 2. The van der Waals surface area contributed by atoms with Gasteiger partial charge in [-0.3, -0.25) is 9.21 Å². The normalized spacial score (nSPS) is 18.7. The molecule has 32 heavy (non-hydrogen) atoms. The van der Waals surface area contributed by atoms with Gasteiger partial charge in [-0.25, -0.2) is 12.8 Å². The Morgan fingerprint density at radius 2 is 1.84 bits per heavy atom. The molecule has 0 amide bonds. The number of hydrogen-bond donors (Lipinski definition) is 1. The number of anilines is 1. The quantitative estimate of drug-likeness (QED) is 0.630. The molecule has 0 bridgehead atoms. The van der Waals surface area contributed by atoms with Crippen molar-refractivity contribution in [2.24, 2.45) is 5.92 Å². The predicted molar refractivity (Wildman–Crippen MR) is 127 cm³/mol. The Kier molecular flexibility index (Phi) is 7.96. The Bertz CT molecular complexity index is 1010. The standard InChI is InChI=1S/C25H35FN2O3S/c1-18(2)16-28(24-12-7-19(3)14-20(24)4)32(30,31)23-10-8-21(9-11-23)15-25(29)27-13-5-6-22(26)17-27/h7-12,14,18,22,25,29H,5-6,13,15-17H2,1-4H3. The number of sulfonamides is 1. The summed E-state index contributed by atoms with van der Waals surface area (Å²) in [5, 5.41) is 10.5. The molecule has 0 aliphatic carbocycles. The molecule has 0 spiro atoms. The van der Waals surface area contributed by atoms with Crippen LogP contribution in [-0.2, 0) is 16.4 Å². The van der Waals surface area contributed by atoms with Gasteiger partial charge in [0.1, 0.15) is 12.4 Å². The molecular formula is C25H35FN2O3S. The zero-order valence-electron chi connectivity index (χ0n) is 19.5. The molecule has 0 saturated carbocycles. The molecule has 7 heteroatoms. The second-order valence-electron chi connectivity index (χ2n) is 9.28. The number of benzene rings is 2. The van der Waals surface area contributed by atoms with E-state index in [9.17, 15) is 17.9 Å². The van der Waals surface area contributed by atoms with Gasteiger partial charge in [-0.05, 0) is 61.9 Å². The first-order valence-corrected chi connectivity index (χ1v) is 12.8. The summed E-state index contributed by atoms with van der Waals surface area (Å²) in [5.74, 6) is 0.156. The van der Waals surface area contributed by atoms with Gasteiger partial charge in [0, 0.05) is 26.1 Å². The fourth-order valence-electron chi connectivity index (χ4n) is 4.23. The Labute approximate surface area is 191 Å². The van der Waals surface area contributed by atoms with Gasteiger partial charge in [-0.2, -0.15) is 0 Å². The van der Waals surface area contributed by atoms with E-state index in [-0.39, 0.29) is 17.4 Å². The fourth-order valence-corrected chi connectivity index (χ4v) is 5.92. The molecule has 3 rings (SSSR count). The van der Waals surface area contributed by atoms with Crippen molar-refractivity contribution in [2.45, 2.75) is 64.3 Å². The Hall–Kier alpha value is -1.96. The Morgan fingerprint density at radius 1 is 1.16 bits per heavy atom. The zero-order valence-corrected chi connectivity index (χ0v) is 20.3. The molecule has 176 valence electrons. The number of likely N-dealkylation sites (tertiary alicyclic amines) is 1. The molecule has 1 N–H and O–H groups in total. The van der Waals surface area contributed by atoms with Gasteiger partial charge < -0.3 is 5.11 Å². The van der Waals surface area contributed by atoms with Crippen LogP contribution < -0.4 is 4.31 Å². The number of aliphatic hydroxyl groups excluding tert-OH is 1. The first-order chi connectivity index (χ1) is 15.1. The van der Waals surface area contributed by atoms with E-state index < -0.39 is 22.4 Å². The van der Waals surface area contributed by atoms with Crippen molar-refractivity contribution in [2.75, 3.05) is 23.9 Å². The highest BCUT2D eigenvalue weighted by Crippen LogP contribution is 2.29. The molecule has 2 aromatic carbocycles. The fraction of sp³-hybridized carbons (Fsp3) is 0.520. The summed E-state index contributed by atoms with van der Waals surface area (Å²) in [6.45, 7) is 9.22. The van der Waals surface area contributed by atoms with Gasteiger partial charge in [-0.1, -0.05) is 43.7 Å². The lowest BCUT2D eigenvalue weighted by Gasteiger charge is -2.33. The van der Waals surface area contributed by atoms with E-state index in [1.165, 1.54) is 4.31 Å². The first kappa shape index (κ1) is 24.7. The Morgan fingerprint density at radius 3 is 2.44 bits per heavy atom. The van der Waals surface area contributed by atoms with Crippen molar-refractivity contribution in [1.82, 2.24) is 4.90 Å². The van der Waals surface area contributed by atoms with Crippen molar-refractivity contribution in [3.8, 4) is 0 Å². The zero-order chi connectivity index (χ0) is 23.5. The van der Waals surface area contributed by atoms with Crippen LogP contribution in [0.4, 0.5) is 10.1 Å². The third-order valence-electron chi connectivity index (χ3n) is 5.90. The van der Waals surface area contributed by atoms with Crippen molar-refractivity contribution in [1.29, 1.82) is 0 Å². The monoisotopic (exact) mass is 462 g/mol. The van der Waals surface area contributed by atoms with E-state index in [4.69, 9.17) is 0 Å². The first-order valence-electron chi connectivity index (χ1n) is 11.3. The second kappa shape index (κ2) is 10.3. The maximum Gasteiger partial charge on any atom is 0.264 e. The lowest BCUT2D eigenvalue weighted by Crippen LogP contribution is -2.44. The number of alkyl halides is 1. The number of aliphatic hydroxyl groups is 1. The van der Waals surface area contributed by atoms with E-state index in [0.717, 1.165) is 23.1 Å². The summed E-state index contributed by atoms with van der Waals surface area (Å²) in [4.78, 5) is 1.97. The second-order valence-corrected chi connectivity index (χ2v) is 11.1. The highest BCUT2D eigenvalue weighted by atomic mass is 32.2. The van der Waals surface area contributed by atoms with Crippen LogP contribution in [0.3, 0.4) is 0 Å². The molecule has 2 unspecified atom stereocenters. The van der Waals surface area contributed by atoms with Crippen molar-refractivity contribution in [3.05, 3.63) is 59.2 Å². The average Bonchev–Trinajstić information content (AvgIpc) is 2.72. The smallest absolute Gasteiger partial charge is 0.264 e. The topological polar surface area (TPSA) is 60.9 Å².